The molecule has 0 bridgehead atoms. The number of hydrogen-bond acceptors (Lipinski definition) is 6. The zero-order valence-corrected chi connectivity index (χ0v) is 26.9. The lowest BCUT2D eigenvalue weighted by atomic mass is 9.80. The monoisotopic (exact) mass is 643 g/mol. The van der Waals surface area contributed by atoms with Crippen molar-refractivity contribution in [2.75, 3.05) is 6.61 Å². The van der Waals surface area contributed by atoms with E-state index in [1.54, 1.807) is 0 Å². The van der Waals surface area contributed by atoms with E-state index in [-0.39, 0.29) is 25.7 Å². The Kier molecular flexibility index (Phi) is 11.1. The van der Waals surface area contributed by atoms with Gasteiger partial charge in [0.25, 0.3) is 0 Å². The third-order valence-corrected chi connectivity index (χ3v) is 8.61. The number of aliphatic hydroxyl groups excluding tert-OH is 1. The van der Waals surface area contributed by atoms with Crippen LogP contribution in [0.5, 0.6) is 0 Å². The van der Waals surface area contributed by atoms with Crippen LogP contribution in [0.15, 0.2) is 152 Å². The van der Waals surface area contributed by atoms with E-state index in [4.69, 9.17) is 18.9 Å². The number of carbonyl (C=O) groups is 1. The molecule has 1 heterocycles. The summed E-state index contributed by atoms with van der Waals surface area (Å²) in [5.74, 6) is -0.316. The number of aliphatic hydroxyl groups is 1. The first-order valence-corrected chi connectivity index (χ1v) is 16.3. The van der Waals surface area contributed by atoms with Gasteiger partial charge in [0.1, 0.15) is 30.0 Å². The molecular formula is C41H41NO6. The SMILES string of the molecule is CC(=O)N[C@@H]1[C@@H](OCc2ccccc2)[C@H](OCc2ccccc2)[C@@H](COC(c2ccccc2)(c2ccccc2)c2ccccc2)O[C@@H]1O. The predicted octanol–water partition coefficient (Wildman–Crippen LogP) is 6.39. The smallest absolute Gasteiger partial charge is 0.217 e. The third-order valence-electron chi connectivity index (χ3n) is 8.61. The molecule has 0 saturated carbocycles. The van der Waals surface area contributed by atoms with E-state index in [0.717, 1.165) is 27.8 Å². The van der Waals surface area contributed by atoms with E-state index in [1.807, 2.05) is 115 Å². The summed E-state index contributed by atoms with van der Waals surface area (Å²) in [6, 6.07) is 49.0. The van der Waals surface area contributed by atoms with Crippen LogP contribution in [-0.4, -0.2) is 48.3 Å². The fourth-order valence-corrected chi connectivity index (χ4v) is 6.35. The molecule has 246 valence electrons. The van der Waals surface area contributed by atoms with Crippen molar-refractivity contribution in [3.8, 4) is 0 Å². The number of amides is 1. The molecule has 5 atom stereocenters. The van der Waals surface area contributed by atoms with Crippen molar-refractivity contribution in [2.24, 2.45) is 0 Å². The Morgan fingerprint density at radius 1 is 0.646 bits per heavy atom. The first-order chi connectivity index (χ1) is 23.5. The highest BCUT2D eigenvalue weighted by molar-refractivity contribution is 5.73. The summed E-state index contributed by atoms with van der Waals surface area (Å²) in [5, 5.41) is 14.3. The molecule has 48 heavy (non-hydrogen) atoms. The maximum atomic E-state index is 12.4. The van der Waals surface area contributed by atoms with Gasteiger partial charge in [0, 0.05) is 6.92 Å². The van der Waals surface area contributed by atoms with Gasteiger partial charge in [-0.05, 0) is 27.8 Å². The molecule has 0 radical (unpaired) electrons. The normalized spacial score (nSPS) is 21.0. The summed E-state index contributed by atoms with van der Waals surface area (Å²) in [4.78, 5) is 12.4. The Balaban J connectivity index is 1.39. The molecule has 2 N–H and O–H groups in total. The third kappa shape index (κ3) is 7.73. The molecule has 7 nitrogen and oxygen atoms in total. The lowest BCUT2D eigenvalue weighted by Gasteiger charge is -2.46. The fraction of sp³-hybridized carbons (Fsp3) is 0.244. The molecule has 0 aromatic heterocycles. The van der Waals surface area contributed by atoms with E-state index in [2.05, 4.69) is 41.7 Å². The van der Waals surface area contributed by atoms with Crippen LogP contribution in [0.3, 0.4) is 0 Å². The first-order valence-electron chi connectivity index (χ1n) is 16.3. The molecule has 0 spiro atoms. The van der Waals surface area contributed by atoms with Crippen molar-refractivity contribution in [1.29, 1.82) is 0 Å². The van der Waals surface area contributed by atoms with E-state index in [1.165, 1.54) is 6.92 Å². The van der Waals surface area contributed by atoms with Gasteiger partial charge in [-0.15, -0.1) is 0 Å². The second kappa shape index (κ2) is 16.0. The van der Waals surface area contributed by atoms with Crippen LogP contribution < -0.4 is 5.32 Å². The van der Waals surface area contributed by atoms with Crippen LogP contribution in [0.25, 0.3) is 0 Å². The standard InChI is InChI=1S/C41H41NO6/c1-30(43)42-37-39(46-28-32-19-9-3-10-20-32)38(45-27-31-17-7-2-8-18-31)36(48-40(37)44)29-47-41(33-21-11-4-12-22-33,34-23-13-5-14-24-34)35-25-15-6-16-26-35/h2-26,36-40,44H,27-29H2,1H3,(H,42,43)/t36-,37-,38-,39-,40+/m1/s1. The maximum Gasteiger partial charge on any atom is 0.217 e. The number of carbonyl (C=O) groups excluding carboxylic acids is 1. The quantitative estimate of drug-likeness (QED) is 0.145. The summed E-state index contributed by atoms with van der Waals surface area (Å²) < 4.78 is 26.6. The van der Waals surface area contributed by atoms with Crippen molar-refractivity contribution in [3.63, 3.8) is 0 Å². The lowest BCUT2D eigenvalue weighted by molar-refractivity contribution is -0.280. The van der Waals surface area contributed by atoms with Gasteiger partial charge in [-0.3, -0.25) is 4.79 Å². The second-order valence-electron chi connectivity index (χ2n) is 11.9. The average molecular weight is 644 g/mol. The van der Waals surface area contributed by atoms with E-state index in [0.29, 0.717) is 0 Å². The molecule has 5 aromatic rings. The van der Waals surface area contributed by atoms with Crippen LogP contribution in [0.1, 0.15) is 34.7 Å². The summed E-state index contributed by atoms with van der Waals surface area (Å²) in [6.07, 6.45) is -3.65. The summed E-state index contributed by atoms with van der Waals surface area (Å²) in [5.41, 5.74) is 3.71. The highest BCUT2D eigenvalue weighted by atomic mass is 16.7. The minimum Gasteiger partial charge on any atom is -0.368 e. The molecule has 1 aliphatic rings. The zero-order chi connectivity index (χ0) is 33.2. The predicted molar refractivity (Wildman–Crippen MR) is 184 cm³/mol. The summed E-state index contributed by atoms with van der Waals surface area (Å²) >= 11 is 0. The van der Waals surface area contributed by atoms with Gasteiger partial charge < -0.3 is 29.4 Å². The van der Waals surface area contributed by atoms with Crippen LogP contribution in [0.2, 0.25) is 0 Å². The van der Waals surface area contributed by atoms with Crippen molar-refractivity contribution >= 4 is 5.91 Å². The first kappa shape index (κ1) is 33.3. The Morgan fingerprint density at radius 2 is 1.04 bits per heavy atom. The van der Waals surface area contributed by atoms with Crippen LogP contribution >= 0.6 is 0 Å². The number of hydrogen-bond donors (Lipinski definition) is 2. The number of benzene rings is 5. The molecule has 7 heteroatoms. The summed E-state index contributed by atoms with van der Waals surface area (Å²) in [6.45, 7) is 1.95. The molecule has 0 unspecified atom stereocenters. The molecule has 1 aliphatic heterocycles. The van der Waals surface area contributed by atoms with Crippen LogP contribution in [-0.2, 0) is 42.6 Å². The van der Waals surface area contributed by atoms with Crippen molar-refractivity contribution in [1.82, 2.24) is 5.32 Å². The molecule has 1 amide bonds. The lowest BCUT2D eigenvalue weighted by Crippen LogP contribution is -2.65. The number of ether oxygens (including phenoxy) is 4. The molecule has 1 saturated heterocycles. The van der Waals surface area contributed by atoms with Crippen LogP contribution in [0, 0.1) is 0 Å². The molecule has 0 aliphatic carbocycles. The van der Waals surface area contributed by atoms with Crippen molar-refractivity contribution in [3.05, 3.63) is 179 Å². The minimum absolute atomic E-state index is 0.0349. The van der Waals surface area contributed by atoms with Gasteiger partial charge in [0.15, 0.2) is 6.29 Å². The molecule has 5 aromatic carbocycles. The summed E-state index contributed by atoms with van der Waals surface area (Å²) in [7, 11) is 0. The van der Waals surface area contributed by atoms with Gasteiger partial charge in [0.2, 0.25) is 5.91 Å². The highest BCUT2D eigenvalue weighted by Crippen LogP contribution is 2.41. The van der Waals surface area contributed by atoms with Crippen molar-refractivity contribution in [2.45, 2.75) is 56.4 Å². The molecular weight excluding hydrogens is 602 g/mol. The van der Waals surface area contributed by atoms with E-state index in [9.17, 15) is 9.90 Å². The largest absolute Gasteiger partial charge is 0.368 e. The van der Waals surface area contributed by atoms with Crippen molar-refractivity contribution < 1.29 is 28.8 Å². The van der Waals surface area contributed by atoms with Crippen LogP contribution in [0.4, 0.5) is 0 Å². The van der Waals surface area contributed by atoms with Gasteiger partial charge in [-0.2, -0.15) is 0 Å². The Bertz CT molecular complexity index is 1590. The topological polar surface area (TPSA) is 86.3 Å². The highest BCUT2D eigenvalue weighted by Gasteiger charge is 2.49. The molecule has 6 rings (SSSR count). The minimum atomic E-state index is -1.38. The zero-order valence-electron chi connectivity index (χ0n) is 26.9. The Hall–Kier alpha value is -4.63. The number of nitrogens with one attached hydrogen (secondary N) is 1. The van der Waals surface area contributed by atoms with Gasteiger partial charge in [0.05, 0.1) is 19.8 Å². The van der Waals surface area contributed by atoms with Gasteiger partial charge in [-0.1, -0.05) is 152 Å². The average Bonchev–Trinajstić information content (AvgIpc) is 3.14. The number of rotatable bonds is 13. The maximum absolute atomic E-state index is 12.4. The molecule has 1 fully saturated rings. The van der Waals surface area contributed by atoms with Gasteiger partial charge >= 0.3 is 0 Å². The Morgan fingerprint density at radius 3 is 1.46 bits per heavy atom. The fourth-order valence-electron chi connectivity index (χ4n) is 6.35. The second-order valence-corrected chi connectivity index (χ2v) is 11.9. The van der Waals surface area contributed by atoms with Gasteiger partial charge in [-0.25, -0.2) is 0 Å². The van der Waals surface area contributed by atoms with E-state index < -0.39 is 36.2 Å². The van der Waals surface area contributed by atoms with E-state index >= 15 is 0 Å². The Labute approximate surface area is 282 Å².